The molecule has 0 unspecified atom stereocenters. The van der Waals surface area contributed by atoms with E-state index in [-0.39, 0.29) is 40.2 Å². The van der Waals surface area contributed by atoms with Gasteiger partial charge in [0.25, 0.3) is 11.6 Å². The van der Waals surface area contributed by atoms with E-state index in [1.165, 1.54) is 12.1 Å². The van der Waals surface area contributed by atoms with E-state index in [0.29, 0.717) is 16.9 Å². The Balaban J connectivity index is 1.66. The fraction of sp³-hybridized carbons (Fsp3) is 0.107. The second-order valence-electron chi connectivity index (χ2n) is 8.04. The summed E-state index contributed by atoms with van der Waals surface area (Å²) in [6, 6.07) is 19.7. The molecule has 0 atom stereocenters. The van der Waals surface area contributed by atoms with E-state index in [1.807, 2.05) is 0 Å². The molecule has 3 aromatic carbocycles. The molecule has 0 aliphatic carbocycles. The van der Waals surface area contributed by atoms with E-state index in [0.717, 1.165) is 21.8 Å². The van der Waals surface area contributed by atoms with Crippen molar-refractivity contribution in [2.24, 2.45) is 4.99 Å². The smallest absolute Gasteiger partial charge is 0.344 e. The monoisotopic (exact) mass is 608 g/mol. The maximum atomic E-state index is 12.7. The molecule has 1 heterocycles. The third kappa shape index (κ3) is 6.81. The van der Waals surface area contributed by atoms with Crippen LogP contribution in [0.2, 0.25) is 0 Å². The maximum Gasteiger partial charge on any atom is 0.344 e. The van der Waals surface area contributed by atoms with Crippen molar-refractivity contribution < 1.29 is 29.1 Å². The number of halogens is 1. The lowest BCUT2D eigenvalue weighted by Gasteiger charge is -2.11. The van der Waals surface area contributed by atoms with Crippen LogP contribution in [0.5, 0.6) is 5.75 Å². The Kier molecular flexibility index (Phi) is 8.95. The first-order valence-corrected chi connectivity index (χ1v) is 13.2. The number of aliphatic imine (C=N–C) groups is 1. The number of hydrogen-bond acceptors (Lipinski definition) is 8. The molecule has 0 bridgehead atoms. The summed E-state index contributed by atoms with van der Waals surface area (Å²) in [5.74, 6) is -1.27. The minimum atomic E-state index is -0.797. The molecule has 3 aromatic rings. The largest absolute Gasteiger partial charge is 0.506 e. The zero-order valence-electron chi connectivity index (χ0n) is 20.5. The summed E-state index contributed by atoms with van der Waals surface area (Å²) in [6.07, 6.45) is 1.62. The van der Waals surface area contributed by atoms with Crippen molar-refractivity contribution in [3.05, 3.63) is 120 Å². The number of carbonyl (C=O) groups is 2. The van der Waals surface area contributed by atoms with Gasteiger partial charge in [-0.1, -0.05) is 45.9 Å². The van der Waals surface area contributed by atoms with Crippen LogP contribution in [0.15, 0.2) is 98.5 Å². The first-order chi connectivity index (χ1) is 18.8. The number of nitrogens with zero attached hydrogens (tertiary/aromatic N) is 2. The number of amides is 1. The summed E-state index contributed by atoms with van der Waals surface area (Å²) in [5.41, 5.74) is 1.41. The van der Waals surface area contributed by atoms with E-state index in [2.05, 4.69) is 20.9 Å². The van der Waals surface area contributed by atoms with Crippen molar-refractivity contribution in [3.63, 3.8) is 0 Å². The Morgan fingerprint density at radius 2 is 1.82 bits per heavy atom. The Morgan fingerprint density at radius 3 is 2.49 bits per heavy atom. The normalized spacial score (nSPS) is 15.0. The van der Waals surface area contributed by atoms with Crippen molar-refractivity contribution in [1.29, 1.82) is 0 Å². The molecule has 0 spiro atoms. The molecular formula is C28H21BrN2O7S. The second kappa shape index (κ2) is 12.5. The molecule has 11 heteroatoms. The molecule has 4 rings (SSSR count). The van der Waals surface area contributed by atoms with E-state index >= 15 is 0 Å². The molecule has 0 saturated heterocycles. The first kappa shape index (κ1) is 27.8. The van der Waals surface area contributed by atoms with Crippen LogP contribution >= 0.6 is 27.7 Å². The van der Waals surface area contributed by atoms with Gasteiger partial charge in [-0.3, -0.25) is 14.9 Å². The number of non-ortho nitro benzene ring substituents is 1. The molecule has 0 radical (unpaired) electrons. The fourth-order valence-electron chi connectivity index (χ4n) is 3.51. The van der Waals surface area contributed by atoms with E-state index in [9.17, 15) is 24.8 Å². The van der Waals surface area contributed by atoms with E-state index in [4.69, 9.17) is 9.47 Å². The highest BCUT2D eigenvalue weighted by atomic mass is 79.9. The number of carbonyl (C=O) groups excluding carboxylic acids is 2. The molecular weight excluding hydrogens is 588 g/mol. The summed E-state index contributed by atoms with van der Waals surface area (Å²) in [6.45, 7) is 1.85. The van der Waals surface area contributed by atoms with Crippen molar-refractivity contribution in [2.45, 2.75) is 13.5 Å². The predicted molar refractivity (Wildman–Crippen MR) is 152 cm³/mol. The van der Waals surface area contributed by atoms with Crippen LogP contribution < -0.4 is 4.74 Å². The second-order valence-corrected chi connectivity index (χ2v) is 9.98. The van der Waals surface area contributed by atoms with Gasteiger partial charge in [0.15, 0.2) is 0 Å². The number of hydrogen-bond donors (Lipinski definition) is 1. The lowest BCUT2D eigenvalue weighted by Crippen LogP contribution is -2.14. The molecule has 0 aromatic heterocycles. The number of thioether (sulfide) groups is 1. The third-order valence-electron chi connectivity index (χ3n) is 5.39. The summed E-state index contributed by atoms with van der Waals surface area (Å²) >= 11 is 4.39. The molecule has 1 N–H and O–H groups in total. The average Bonchev–Trinajstić information content (AvgIpc) is 3.23. The lowest BCUT2D eigenvalue weighted by atomic mass is 10.1. The zero-order chi connectivity index (χ0) is 27.9. The van der Waals surface area contributed by atoms with Crippen molar-refractivity contribution in [3.8, 4) is 5.75 Å². The summed E-state index contributed by atoms with van der Waals surface area (Å²) in [5, 5.41) is 21.9. The van der Waals surface area contributed by atoms with Crippen LogP contribution in [0.4, 0.5) is 5.69 Å². The average molecular weight is 609 g/mol. The van der Waals surface area contributed by atoms with Gasteiger partial charge in [0.05, 0.1) is 16.4 Å². The van der Waals surface area contributed by atoms with Gasteiger partial charge in [0.1, 0.15) is 28.7 Å². The van der Waals surface area contributed by atoms with Crippen LogP contribution in [-0.4, -0.2) is 33.6 Å². The summed E-state index contributed by atoms with van der Waals surface area (Å²) < 4.78 is 11.8. The predicted octanol–water partition coefficient (Wildman–Crippen LogP) is 6.64. The van der Waals surface area contributed by atoms with Gasteiger partial charge in [0.2, 0.25) is 0 Å². The number of rotatable bonds is 8. The number of ether oxygens (including phenoxy) is 2. The first-order valence-electron chi connectivity index (χ1n) is 11.6. The molecule has 0 saturated carbocycles. The van der Waals surface area contributed by atoms with Crippen molar-refractivity contribution in [2.75, 3.05) is 6.61 Å². The van der Waals surface area contributed by atoms with E-state index in [1.54, 1.807) is 73.7 Å². The topological polar surface area (TPSA) is 128 Å². The van der Waals surface area contributed by atoms with Crippen LogP contribution in [-0.2, 0) is 16.1 Å². The molecule has 1 aliphatic rings. The molecule has 198 valence electrons. The minimum absolute atomic E-state index is 0.0195. The summed E-state index contributed by atoms with van der Waals surface area (Å²) in [4.78, 5) is 40.2. The number of aliphatic hydroxyl groups is 1. The highest BCUT2D eigenvalue weighted by Gasteiger charge is 2.34. The standard InChI is InChI=1S/C28H21BrN2O7S/c1-2-37-28(34)24-25(32)23(39-27(24)30-26(33)18-6-4-3-5-7-18)15-19-14-20(29)10-13-22(19)38-16-17-8-11-21(12-9-17)31(35)36/h3-15,32H,2,16H2,1H3/b23-15-,30-27?. The summed E-state index contributed by atoms with van der Waals surface area (Å²) in [7, 11) is 0. The van der Waals surface area contributed by atoms with Gasteiger partial charge in [-0.2, -0.15) is 0 Å². The molecule has 1 aliphatic heterocycles. The Morgan fingerprint density at radius 1 is 1.10 bits per heavy atom. The number of nitro benzene ring substituents is 1. The van der Waals surface area contributed by atoms with Crippen LogP contribution in [0.25, 0.3) is 6.08 Å². The number of aliphatic hydroxyl groups excluding tert-OH is 1. The van der Waals surface area contributed by atoms with E-state index < -0.39 is 16.8 Å². The molecule has 39 heavy (non-hydrogen) atoms. The van der Waals surface area contributed by atoms with Gasteiger partial charge < -0.3 is 14.6 Å². The van der Waals surface area contributed by atoms with Gasteiger partial charge in [0, 0.05) is 27.7 Å². The van der Waals surface area contributed by atoms with Crippen LogP contribution in [0.1, 0.15) is 28.4 Å². The fourth-order valence-corrected chi connectivity index (χ4v) is 4.89. The van der Waals surface area contributed by atoms with Gasteiger partial charge >= 0.3 is 5.97 Å². The minimum Gasteiger partial charge on any atom is -0.506 e. The number of nitro groups is 1. The number of esters is 1. The van der Waals surface area contributed by atoms with Crippen LogP contribution in [0, 0.1) is 10.1 Å². The quantitative estimate of drug-likeness (QED) is 0.171. The van der Waals surface area contributed by atoms with Gasteiger partial charge in [-0.15, -0.1) is 0 Å². The molecule has 9 nitrogen and oxygen atoms in total. The molecule has 1 amide bonds. The lowest BCUT2D eigenvalue weighted by molar-refractivity contribution is -0.384. The van der Waals surface area contributed by atoms with Gasteiger partial charge in [-0.25, -0.2) is 9.79 Å². The maximum absolute atomic E-state index is 12.7. The van der Waals surface area contributed by atoms with Crippen molar-refractivity contribution in [1.82, 2.24) is 0 Å². The Labute approximate surface area is 236 Å². The van der Waals surface area contributed by atoms with Gasteiger partial charge in [-0.05, 0) is 61.0 Å². The van der Waals surface area contributed by atoms with Crippen molar-refractivity contribution >= 4 is 56.4 Å². The molecule has 0 fully saturated rings. The zero-order valence-corrected chi connectivity index (χ0v) is 22.9. The SMILES string of the molecule is CCOC(=O)C1=C(O)/C(=C/c2cc(Br)ccc2OCc2ccc([N+](=O)[O-])cc2)SC1=NC(=O)c1ccccc1. The highest BCUT2D eigenvalue weighted by Crippen LogP contribution is 2.40. The Bertz CT molecular complexity index is 1520. The highest BCUT2D eigenvalue weighted by molar-refractivity contribution is 9.10. The van der Waals surface area contributed by atoms with Crippen LogP contribution in [0.3, 0.4) is 0 Å². The number of benzene rings is 3. The Hall–Kier alpha value is -4.22. The third-order valence-corrected chi connectivity index (χ3v) is 6.91.